The molecule has 0 fully saturated rings. The molecule has 1 aromatic rings. The van der Waals surface area contributed by atoms with Gasteiger partial charge in [0.2, 0.25) is 0 Å². The summed E-state index contributed by atoms with van der Waals surface area (Å²) in [4.78, 5) is 0. The van der Waals surface area contributed by atoms with Gasteiger partial charge in [0.05, 0.1) is 6.07 Å². The first kappa shape index (κ1) is 10.7. The van der Waals surface area contributed by atoms with Crippen LogP contribution in [-0.4, -0.2) is 6.04 Å². The summed E-state index contributed by atoms with van der Waals surface area (Å²) in [5.41, 5.74) is 2.23. The van der Waals surface area contributed by atoms with Crippen molar-refractivity contribution in [2.75, 3.05) is 0 Å². The Bertz CT molecular complexity index is 336. The van der Waals surface area contributed by atoms with Crippen LogP contribution in [-0.2, 0) is 0 Å². The van der Waals surface area contributed by atoms with E-state index in [9.17, 15) is 0 Å². The Hall–Kier alpha value is -1.33. The number of nitrogens with zero attached hydrogens (tertiary/aromatic N) is 1. The third kappa shape index (κ3) is 2.86. The second-order valence-electron chi connectivity index (χ2n) is 3.80. The average molecular weight is 188 g/mol. The second-order valence-corrected chi connectivity index (χ2v) is 3.80. The lowest BCUT2D eigenvalue weighted by Gasteiger charge is -2.15. The van der Waals surface area contributed by atoms with Crippen LogP contribution in [0.25, 0.3) is 0 Å². The van der Waals surface area contributed by atoms with Crippen LogP contribution in [0.2, 0.25) is 0 Å². The minimum Gasteiger partial charge on any atom is -0.296 e. The fourth-order valence-electron chi connectivity index (χ4n) is 1.39. The molecule has 1 unspecified atom stereocenters. The van der Waals surface area contributed by atoms with Crippen molar-refractivity contribution in [3.8, 4) is 6.07 Å². The molecule has 0 saturated heterocycles. The van der Waals surface area contributed by atoms with Crippen molar-refractivity contribution in [1.82, 2.24) is 5.32 Å². The molecule has 1 atom stereocenters. The van der Waals surface area contributed by atoms with Crippen molar-refractivity contribution < 1.29 is 0 Å². The maximum Gasteiger partial charge on any atom is 0.121 e. The Balaban J connectivity index is 2.85. The van der Waals surface area contributed by atoms with Gasteiger partial charge in [-0.1, -0.05) is 29.8 Å². The Labute approximate surface area is 85.6 Å². The fraction of sp³-hybridized carbons (Fsp3) is 0.417. The van der Waals surface area contributed by atoms with Crippen LogP contribution in [0.3, 0.4) is 0 Å². The minimum absolute atomic E-state index is 0.199. The lowest BCUT2D eigenvalue weighted by Crippen LogP contribution is -2.27. The quantitative estimate of drug-likeness (QED) is 0.791. The maximum atomic E-state index is 9.01. The number of rotatable bonds is 3. The van der Waals surface area contributed by atoms with Gasteiger partial charge in [-0.2, -0.15) is 5.26 Å². The number of benzene rings is 1. The zero-order valence-corrected chi connectivity index (χ0v) is 8.91. The minimum atomic E-state index is -0.199. The molecule has 0 aliphatic heterocycles. The third-order valence-corrected chi connectivity index (χ3v) is 2.00. The van der Waals surface area contributed by atoms with Crippen LogP contribution < -0.4 is 5.32 Å². The van der Waals surface area contributed by atoms with E-state index in [1.165, 1.54) is 5.56 Å². The molecule has 0 aromatic heterocycles. The van der Waals surface area contributed by atoms with E-state index in [0.29, 0.717) is 6.04 Å². The standard InChI is InChI=1S/C12H16N2/c1-9(2)14-12(8-13)11-6-4-5-10(3)7-11/h4-7,9,12,14H,1-3H3. The van der Waals surface area contributed by atoms with E-state index >= 15 is 0 Å². The summed E-state index contributed by atoms with van der Waals surface area (Å²) in [6, 6.07) is 10.4. The Morgan fingerprint density at radius 1 is 1.36 bits per heavy atom. The molecule has 1 N–H and O–H groups in total. The van der Waals surface area contributed by atoms with Gasteiger partial charge < -0.3 is 0 Å². The molecule has 0 aliphatic rings. The lowest BCUT2D eigenvalue weighted by atomic mass is 10.1. The van der Waals surface area contributed by atoms with Crippen molar-refractivity contribution in [1.29, 1.82) is 5.26 Å². The van der Waals surface area contributed by atoms with E-state index in [-0.39, 0.29) is 6.04 Å². The highest BCUT2D eigenvalue weighted by Gasteiger charge is 2.10. The van der Waals surface area contributed by atoms with E-state index in [1.807, 2.05) is 45.0 Å². The monoisotopic (exact) mass is 188 g/mol. The van der Waals surface area contributed by atoms with E-state index in [0.717, 1.165) is 5.56 Å². The maximum absolute atomic E-state index is 9.01. The number of aryl methyl sites for hydroxylation is 1. The van der Waals surface area contributed by atoms with E-state index in [4.69, 9.17) is 5.26 Å². The van der Waals surface area contributed by atoms with Crippen LogP contribution in [0.15, 0.2) is 24.3 Å². The first-order valence-electron chi connectivity index (χ1n) is 4.85. The normalized spacial score (nSPS) is 12.5. The van der Waals surface area contributed by atoms with E-state index < -0.39 is 0 Å². The highest BCUT2D eigenvalue weighted by Crippen LogP contribution is 2.14. The van der Waals surface area contributed by atoms with Crippen LogP contribution in [0.4, 0.5) is 0 Å². The first-order chi connectivity index (χ1) is 6.63. The van der Waals surface area contributed by atoms with E-state index in [1.54, 1.807) is 0 Å². The molecular weight excluding hydrogens is 172 g/mol. The van der Waals surface area contributed by atoms with Gasteiger partial charge in [0.25, 0.3) is 0 Å². The summed E-state index contributed by atoms with van der Waals surface area (Å²) >= 11 is 0. The molecule has 74 valence electrons. The topological polar surface area (TPSA) is 35.8 Å². The van der Waals surface area contributed by atoms with Gasteiger partial charge >= 0.3 is 0 Å². The number of hydrogen-bond donors (Lipinski definition) is 1. The van der Waals surface area contributed by atoms with Crippen molar-refractivity contribution >= 4 is 0 Å². The zero-order chi connectivity index (χ0) is 10.6. The molecule has 0 aliphatic carbocycles. The molecule has 0 heterocycles. The fourth-order valence-corrected chi connectivity index (χ4v) is 1.39. The number of nitriles is 1. The molecule has 0 amide bonds. The van der Waals surface area contributed by atoms with Gasteiger partial charge in [-0.15, -0.1) is 0 Å². The smallest absolute Gasteiger partial charge is 0.121 e. The Morgan fingerprint density at radius 3 is 2.57 bits per heavy atom. The van der Waals surface area contributed by atoms with Crippen LogP contribution in [0.1, 0.15) is 31.0 Å². The average Bonchev–Trinajstić information content (AvgIpc) is 2.14. The molecular formula is C12H16N2. The highest BCUT2D eigenvalue weighted by atomic mass is 14.9. The second kappa shape index (κ2) is 4.78. The molecule has 2 heteroatoms. The molecule has 0 saturated carbocycles. The summed E-state index contributed by atoms with van der Waals surface area (Å²) < 4.78 is 0. The molecule has 14 heavy (non-hydrogen) atoms. The van der Waals surface area contributed by atoms with E-state index in [2.05, 4.69) is 11.4 Å². The van der Waals surface area contributed by atoms with Gasteiger partial charge in [-0.3, -0.25) is 5.32 Å². The molecule has 1 aromatic carbocycles. The summed E-state index contributed by atoms with van der Waals surface area (Å²) in [7, 11) is 0. The number of nitrogens with one attached hydrogen (secondary N) is 1. The van der Waals surface area contributed by atoms with Gasteiger partial charge in [-0.25, -0.2) is 0 Å². The van der Waals surface area contributed by atoms with Crippen molar-refractivity contribution in [2.45, 2.75) is 32.9 Å². The van der Waals surface area contributed by atoms with Gasteiger partial charge in [0, 0.05) is 6.04 Å². The number of hydrogen-bond acceptors (Lipinski definition) is 2. The summed E-state index contributed by atoms with van der Waals surface area (Å²) in [6.45, 7) is 6.12. The van der Waals surface area contributed by atoms with Crippen molar-refractivity contribution in [3.05, 3.63) is 35.4 Å². The van der Waals surface area contributed by atoms with Crippen LogP contribution >= 0.6 is 0 Å². The Kier molecular flexibility index (Phi) is 3.67. The van der Waals surface area contributed by atoms with Crippen LogP contribution in [0, 0.1) is 18.3 Å². The SMILES string of the molecule is Cc1cccc(C(C#N)NC(C)C)c1. The zero-order valence-electron chi connectivity index (χ0n) is 8.91. The third-order valence-electron chi connectivity index (χ3n) is 2.00. The van der Waals surface area contributed by atoms with Gasteiger partial charge in [-0.05, 0) is 26.3 Å². The van der Waals surface area contributed by atoms with Gasteiger partial charge in [0.1, 0.15) is 6.04 Å². The summed E-state index contributed by atoms with van der Waals surface area (Å²) in [6.07, 6.45) is 0. The lowest BCUT2D eigenvalue weighted by molar-refractivity contribution is 0.546. The Morgan fingerprint density at radius 2 is 2.07 bits per heavy atom. The predicted molar refractivity (Wildman–Crippen MR) is 57.8 cm³/mol. The molecule has 0 bridgehead atoms. The molecule has 1 rings (SSSR count). The largest absolute Gasteiger partial charge is 0.296 e. The van der Waals surface area contributed by atoms with Crippen molar-refractivity contribution in [2.24, 2.45) is 0 Å². The van der Waals surface area contributed by atoms with Crippen molar-refractivity contribution in [3.63, 3.8) is 0 Å². The van der Waals surface area contributed by atoms with Gasteiger partial charge in [0.15, 0.2) is 0 Å². The molecule has 2 nitrogen and oxygen atoms in total. The summed E-state index contributed by atoms with van der Waals surface area (Å²) in [5.74, 6) is 0. The highest BCUT2D eigenvalue weighted by molar-refractivity contribution is 5.28. The first-order valence-corrected chi connectivity index (χ1v) is 4.85. The predicted octanol–water partition coefficient (Wildman–Crippen LogP) is 2.56. The molecule has 0 spiro atoms. The summed E-state index contributed by atoms with van der Waals surface area (Å²) in [5, 5.41) is 12.2. The van der Waals surface area contributed by atoms with Crippen LogP contribution in [0.5, 0.6) is 0 Å². The molecule has 0 radical (unpaired) electrons.